The van der Waals surface area contributed by atoms with Crippen LogP contribution < -0.4 is 5.32 Å². The first-order chi connectivity index (χ1) is 5.90. The molecular formula is C10H16ClNS. The van der Waals surface area contributed by atoms with E-state index < -0.39 is 0 Å². The van der Waals surface area contributed by atoms with E-state index in [0.29, 0.717) is 0 Å². The summed E-state index contributed by atoms with van der Waals surface area (Å²) in [5, 5.41) is 5.60. The summed E-state index contributed by atoms with van der Waals surface area (Å²) in [5.74, 6) is 0. The monoisotopic (exact) mass is 217 g/mol. The number of rotatable bonds is 1. The fraction of sp³-hybridized carbons (Fsp3) is 0.600. The standard InChI is InChI=1S/C10H15NS.ClH/c1-11-9-3-2-8-6-7-12-10(8)5-4-9;/h6-7,9,11H,2-5H2,1H3;1H. The Balaban J connectivity index is 0.000000845. The maximum Gasteiger partial charge on any atom is 0.00778 e. The minimum atomic E-state index is 0. The highest BCUT2D eigenvalue weighted by Crippen LogP contribution is 2.25. The SMILES string of the molecule is CNC1CCc2ccsc2CC1.Cl. The van der Waals surface area contributed by atoms with E-state index in [1.165, 1.54) is 25.7 Å². The Kier molecular flexibility index (Phi) is 4.23. The maximum absolute atomic E-state index is 3.37. The summed E-state index contributed by atoms with van der Waals surface area (Å²) >= 11 is 1.92. The van der Waals surface area contributed by atoms with Gasteiger partial charge < -0.3 is 5.32 Å². The van der Waals surface area contributed by atoms with Gasteiger partial charge >= 0.3 is 0 Å². The molecule has 1 aliphatic carbocycles. The minimum absolute atomic E-state index is 0. The van der Waals surface area contributed by atoms with Crippen LogP contribution in [0, 0.1) is 0 Å². The molecule has 1 nitrogen and oxygen atoms in total. The number of fused-ring (bicyclic) bond motifs is 1. The molecule has 0 bridgehead atoms. The van der Waals surface area contributed by atoms with E-state index >= 15 is 0 Å². The average molecular weight is 218 g/mol. The summed E-state index contributed by atoms with van der Waals surface area (Å²) in [7, 11) is 2.07. The fourth-order valence-electron chi connectivity index (χ4n) is 1.88. The lowest BCUT2D eigenvalue weighted by Crippen LogP contribution is -2.24. The summed E-state index contributed by atoms with van der Waals surface area (Å²) in [6.07, 6.45) is 5.16. The maximum atomic E-state index is 3.37. The number of hydrogen-bond donors (Lipinski definition) is 1. The molecule has 0 saturated heterocycles. The largest absolute Gasteiger partial charge is 0.317 e. The number of aryl methyl sites for hydroxylation is 2. The normalized spacial score (nSPS) is 21.5. The Hall–Kier alpha value is -0.0500. The predicted octanol–water partition coefficient (Wildman–Crippen LogP) is 2.64. The lowest BCUT2D eigenvalue weighted by atomic mass is 10.1. The van der Waals surface area contributed by atoms with Crippen molar-refractivity contribution < 1.29 is 0 Å². The molecule has 2 rings (SSSR count). The second-order valence-electron chi connectivity index (χ2n) is 3.43. The minimum Gasteiger partial charge on any atom is -0.317 e. The summed E-state index contributed by atoms with van der Waals surface area (Å²) in [5.41, 5.74) is 1.60. The molecule has 74 valence electrons. The van der Waals surface area contributed by atoms with Gasteiger partial charge in [0.25, 0.3) is 0 Å². The zero-order valence-corrected chi connectivity index (χ0v) is 9.51. The van der Waals surface area contributed by atoms with Crippen molar-refractivity contribution in [2.45, 2.75) is 31.7 Å². The van der Waals surface area contributed by atoms with Crippen LogP contribution in [0.25, 0.3) is 0 Å². The van der Waals surface area contributed by atoms with Gasteiger partial charge in [0.1, 0.15) is 0 Å². The second-order valence-corrected chi connectivity index (χ2v) is 4.43. The number of hydrogen-bond acceptors (Lipinski definition) is 2. The lowest BCUT2D eigenvalue weighted by molar-refractivity contribution is 0.504. The van der Waals surface area contributed by atoms with E-state index in [1.54, 1.807) is 10.4 Å². The molecule has 1 aliphatic rings. The molecule has 0 saturated carbocycles. The molecule has 0 aromatic carbocycles. The van der Waals surface area contributed by atoms with Crippen molar-refractivity contribution >= 4 is 23.7 Å². The van der Waals surface area contributed by atoms with Gasteiger partial charge in [-0.25, -0.2) is 0 Å². The van der Waals surface area contributed by atoms with Crippen molar-refractivity contribution in [1.29, 1.82) is 0 Å². The Bertz CT molecular complexity index is 237. The van der Waals surface area contributed by atoms with E-state index in [2.05, 4.69) is 23.8 Å². The van der Waals surface area contributed by atoms with Crippen molar-refractivity contribution in [2.75, 3.05) is 7.05 Å². The second kappa shape index (κ2) is 4.99. The molecule has 13 heavy (non-hydrogen) atoms. The molecular weight excluding hydrogens is 202 g/mol. The molecule has 1 atom stereocenters. The van der Waals surface area contributed by atoms with Crippen LogP contribution in [0.5, 0.6) is 0 Å². The van der Waals surface area contributed by atoms with E-state index in [1.807, 2.05) is 11.3 Å². The highest BCUT2D eigenvalue weighted by atomic mass is 35.5. The first-order valence-corrected chi connectivity index (χ1v) is 5.50. The van der Waals surface area contributed by atoms with Crippen molar-refractivity contribution in [3.63, 3.8) is 0 Å². The zero-order chi connectivity index (χ0) is 8.39. The molecule has 3 heteroatoms. The van der Waals surface area contributed by atoms with Crippen LogP contribution in [0.4, 0.5) is 0 Å². The molecule has 1 heterocycles. The molecule has 1 aromatic rings. The third kappa shape index (κ3) is 2.46. The van der Waals surface area contributed by atoms with Gasteiger partial charge in [-0.15, -0.1) is 23.7 Å². The van der Waals surface area contributed by atoms with E-state index in [0.717, 1.165) is 6.04 Å². The summed E-state index contributed by atoms with van der Waals surface area (Å²) < 4.78 is 0. The Labute approximate surface area is 90.0 Å². The molecule has 1 N–H and O–H groups in total. The first-order valence-electron chi connectivity index (χ1n) is 4.62. The fourth-order valence-corrected chi connectivity index (χ4v) is 2.83. The first kappa shape index (κ1) is 11.0. The third-order valence-electron chi connectivity index (χ3n) is 2.73. The Morgan fingerprint density at radius 2 is 2.15 bits per heavy atom. The Morgan fingerprint density at radius 3 is 2.92 bits per heavy atom. The van der Waals surface area contributed by atoms with Crippen LogP contribution >= 0.6 is 23.7 Å². The van der Waals surface area contributed by atoms with Crippen LogP contribution in [0.2, 0.25) is 0 Å². The Morgan fingerprint density at radius 1 is 1.38 bits per heavy atom. The van der Waals surface area contributed by atoms with Crippen molar-refractivity contribution in [3.8, 4) is 0 Å². The highest BCUT2D eigenvalue weighted by molar-refractivity contribution is 7.10. The van der Waals surface area contributed by atoms with Crippen molar-refractivity contribution in [2.24, 2.45) is 0 Å². The molecule has 1 aromatic heterocycles. The summed E-state index contributed by atoms with van der Waals surface area (Å²) in [6, 6.07) is 3.03. The molecule has 0 spiro atoms. The summed E-state index contributed by atoms with van der Waals surface area (Å²) in [4.78, 5) is 1.62. The van der Waals surface area contributed by atoms with Crippen LogP contribution in [0.1, 0.15) is 23.3 Å². The van der Waals surface area contributed by atoms with E-state index in [-0.39, 0.29) is 12.4 Å². The van der Waals surface area contributed by atoms with Crippen LogP contribution in [-0.4, -0.2) is 13.1 Å². The smallest absolute Gasteiger partial charge is 0.00778 e. The van der Waals surface area contributed by atoms with Crippen LogP contribution in [0.15, 0.2) is 11.4 Å². The van der Waals surface area contributed by atoms with Crippen molar-refractivity contribution in [3.05, 3.63) is 21.9 Å². The van der Waals surface area contributed by atoms with Gasteiger partial charge in [0, 0.05) is 10.9 Å². The quantitative estimate of drug-likeness (QED) is 0.714. The van der Waals surface area contributed by atoms with Gasteiger partial charge in [0.2, 0.25) is 0 Å². The number of thiophene rings is 1. The van der Waals surface area contributed by atoms with Gasteiger partial charge in [-0.05, 0) is 49.7 Å². The number of halogens is 1. The van der Waals surface area contributed by atoms with Gasteiger partial charge in [0.15, 0.2) is 0 Å². The molecule has 1 unspecified atom stereocenters. The van der Waals surface area contributed by atoms with Crippen LogP contribution in [-0.2, 0) is 12.8 Å². The van der Waals surface area contributed by atoms with E-state index in [4.69, 9.17) is 0 Å². The van der Waals surface area contributed by atoms with E-state index in [9.17, 15) is 0 Å². The predicted molar refractivity (Wildman–Crippen MR) is 61.1 cm³/mol. The lowest BCUT2D eigenvalue weighted by Gasteiger charge is -2.11. The summed E-state index contributed by atoms with van der Waals surface area (Å²) in [6.45, 7) is 0. The topological polar surface area (TPSA) is 12.0 Å². The van der Waals surface area contributed by atoms with Gasteiger partial charge in [-0.3, -0.25) is 0 Å². The van der Waals surface area contributed by atoms with Gasteiger partial charge in [-0.2, -0.15) is 0 Å². The van der Waals surface area contributed by atoms with Crippen LogP contribution in [0.3, 0.4) is 0 Å². The molecule has 0 aliphatic heterocycles. The molecule has 0 radical (unpaired) electrons. The average Bonchev–Trinajstić information content (AvgIpc) is 2.46. The highest BCUT2D eigenvalue weighted by Gasteiger charge is 2.14. The van der Waals surface area contributed by atoms with Gasteiger partial charge in [-0.1, -0.05) is 0 Å². The van der Waals surface area contributed by atoms with Crippen molar-refractivity contribution in [1.82, 2.24) is 5.32 Å². The van der Waals surface area contributed by atoms with Gasteiger partial charge in [0.05, 0.1) is 0 Å². The number of nitrogens with one attached hydrogen (secondary N) is 1. The zero-order valence-electron chi connectivity index (χ0n) is 7.88. The third-order valence-corrected chi connectivity index (χ3v) is 3.75. The molecule has 0 fully saturated rings. The molecule has 0 amide bonds.